The Kier molecular flexibility index (Phi) is 8.96. The van der Waals surface area contributed by atoms with Gasteiger partial charge in [-0.2, -0.15) is 0 Å². The first kappa shape index (κ1) is 28.0. The van der Waals surface area contributed by atoms with Gasteiger partial charge in [-0.1, -0.05) is 43.2 Å². The molecule has 2 N–H and O–H groups in total. The molecule has 0 aliphatic heterocycles. The number of amides is 2. The van der Waals surface area contributed by atoms with Gasteiger partial charge in [0.15, 0.2) is 0 Å². The Balaban J connectivity index is 1.49. The fourth-order valence-corrected chi connectivity index (χ4v) is 7.53. The van der Waals surface area contributed by atoms with Crippen molar-refractivity contribution in [2.24, 2.45) is 4.99 Å². The number of nitro groups is 1. The number of hydrogen-bond donors (Lipinski definition) is 2. The number of non-ortho nitro benzene ring substituents is 1. The molecule has 3 aromatic rings. The highest BCUT2D eigenvalue weighted by atomic mass is 32.2. The molecule has 0 radical (unpaired) electrons. The van der Waals surface area contributed by atoms with Gasteiger partial charge in [-0.3, -0.25) is 19.7 Å². The van der Waals surface area contributed by atoms with Gasteiger partial charge >= 0.3 is 0 Å². The van der Waals surface area contributed by atoms with E-state index >= 15 is 0 Å². The van der Waals surface area contributed by atoms with Gasteiger partial charge in [-0.05, 0) is 62.3 Å². The fourth-order valence-electron chi connectivity index (χ4n) is 5.32. The van der Waals surface area contributed by atoms with Gasteiger partial charge in [0, 0.05) is 51.5 Å². The van der Waals surface area contributed by atoms with E-state index in [1.807, 2.05) is 24.3 Å². The van der Waals surface area contributed by atoms with Crippen molar-refractivity contribution in [3.05, 3.63) is 74.1 Å². The molecule has 8 nitrogen and oxygen atoms in total. The number of benzene rings is 2. The average molecular weight is 577 g/mol. The van der Waals surface area contributed by atoms with Crippen molar-refractivity contribution in [1.29, 1.82) is 0 Å². The Labute approximate surface area is 241 Å². The van der Waals surface area contributed by atoms with Crippen LogP contribution in [0.25, 0.3) is 0 Å². The number of carbonyl (C=O) groups is 2. The summed E-state index contributed by atoms with van der Waals surface area (Å²) in [4.78, 5) is 44.0. The lowest BCUT2D eigenvalue weighted by Crippen LogP contribution is -2.36. The first-order valence-corrected chi connectivity index (χ1v) is 15.3. The van der Waals surface area contributed by atoms with Crippen LogP contribution in [0.15, 0.2) is 57.2 Å². The van der Waals surface area contributed by atoms with Gasteiger partial charge in [0.05, 0.1) is 16.2 Å². The van der Waals surface area contributed by atoms with Crippen LogP contribution < -0.4 is 10.6 Å². The van der Waals surface area contributed by atoms with Crippen molar-refractivity contribution in [1.82, 2.24) is 5.32 Å². The van der Waals surface area contributed by atoms with Crippen molar-refractivity contribution < 1.29 is 14.5 Å². The smallest absolute Gasteiger partial charge is 0.270 e. The maximum atomic E-state index is 13.5. The van der Waals surface area contributed by atoms with E-state index in [1.165, 1.54) is 42.1 Å². The van der Waals surface area contributed by atoms with Crippen LogP contribution in [-0.2, 0) is 17.6 Å². The number of thiophene rings is 1. The first-order chi connectivity index (χ1) is 19.4. The number of nitrogens with one attached hydrogen (secondary N) is 2. The number of carbonyl (C=O) groups excluding carboxylic acids is 2. The monoisotopic (exact) mass is 576 g/mol. The van der Waals surface area contributed by atoms with Crippen LogP contribution in [-0.4, -0.2) is 29.0 Å². The molecule has 10 heteroatoms. The van der Waals surface area contributed by atoms with E-state index < -0.39 is 4.92 Å². The third-order valence-electron chi connectivity index (χ3n) is 7.26. The van der Waals surface area contributed by atoms with Gasteiger partial charge in [0.1, 0.15) is 5.00 Å². The number of para-hydroxylation sites is 1. The number of aliphatic imine (C=N–C) groups is 1. The first-order valence-electron chi connectivity index (χ1n) is 13.7. The summed E-state index contributed by atoms with van der Waals surface area (Å²) in [6.45, 7) is 1.45. The summed E-state index contributed by atoms with van der Waals surface area (Å²) in [5.74, 6) is -0.240. The molecule has 0 spiro atoms. The molecule has 0 atom stereocenters. The maximum absolute atomic E-state index is 13.5. The highest BCUT2D eigenvalue weighted by Gasteiger charge is 2.27. The van der Waals surface area contributed by atoms with Crippen molar-refractivity contribution in [3.63, 3.8) is 0 Å². The molecular weight excluding hydrogens is 544 g/mol. The number of nitrogens with zero attached hydrogens (tertiary/aromatic N) is 2. The van der Waals surface area contributed by atoms with E-state index in [1.54, 1.807) is 23.6 Å². The number of anilines is 1. The SMILES string of the molecule is CC(=O)Nc1ccccc1Sc1ccc([N+](=O)[O-])cc1C=Nc1sc2c(c1C(=O)NC1CCCCC1)CCCC2. The molecule has 2 aliphatic carbocycles. The van der Waals surface area contributed by atoms with Gasteiger partial charge in [0.25, 0.3) is 11.6 Å². The number of fused-ring (bicyclic) bond motifs is 1. The molecule has 0 bridgehead atoms. The van der Waals surface area contributed by atoms with Crippen molar-refractivity contribution in [3.8, 4) is 0 Å². The van der Waals surface area contributed by atoms with E-state index in [-0.39, 0.29) is 23.5 Å². The molecule has 0 unspecified atom stereocenters. The van der Waals surface area contributed by atoms with Crippen LogP contribution in [0.3, 0.4) is 0 Å². The van der Waals surface area contributed by atoms with E-state index in [2.05, 4.69) is 10.6 Å². The van der Waals surface area contributed by atoms with E-state index in [0.717, 1.165) is 66.7 Å². The van der Waals surface area contributed by atoms with Gasteiger partial charge in [-0.15, -0.1) is 11.3 Å². The maximum Gasteiger partial charge on any atom is 0.270 e. The largest absolute Gasteiger partial charge is 0.349 e. The summed E-state index contributed by atoms with van der Waals surface area (Å²) in [5, 5.41) is 18.4. The Morgan fingerprint density at radius 1 is 1.05 bits per heavy atom. The lowest BCUT2D eigenvalue weighted by Gasteiger charge is -2.23. The Morgan fingerprint density at radius 3 is 2.60 bits per heavy atom. The second-order valence-corrected chi connectivity index (χ2v) is 12.4. The van der Waals surface area contributed by atoms with Crippen molar-refractivity contribution >= 4 is 57.5 Å². The predicted octanol–water partition coefficient (Wildman–Crippen LogP) is 7.46. The summed E-state index contributed by atoms with van der Waals surface area (Å²) >= 11 is 2.95. The zero-order valence-electron chi connectivity index (χ0n) is 22.4. The third-order valence-corrected chi connectivity index (χ3v) is 9.63. The second-order valence-electron chi connectivity index (χ2n) is 10.2. The predicted molar refractivity (Wildman–Crippen MR) is 161 cm³/mol. The standard InChI is InChI=1S/C30H32N4O4S2/c1-19(35)32-24-12-6-8-14-27(24)39-25-16-15-22(34(37)38)17-20(25)18-31-30-28(23-11-5-7-13-26(23)40-30)29(36)33-21-9-3-2-4-10-21/h6,8,12,14-18,21H,2-5,7,9-11,13H2,1H3,(H,32,35)(H,33,36). The summed E-state index contributed by atoms with van der Waals surface area (Å²) in [5.41, 5.74) is 2.96. The van der Waals surface area contributed by atoms with Crippen molar-refractivity contribution in [2.75, 3.05) is 5.32 Å². The minimum atomic E-state index is -0.427. The number of aryl methyl sites for hydroxylation is 1. The molecule has 5 rings (SSSR count). The summed E-state index contributed by atoms with van der Waals surface area (Å²) in [6, 6.07) is 12.3. The molecule has 2 amide bonds. The number of rotatable bonds is 8. The van der Waals surface area contributed by atoms with Crippen LogP contribution in [0.2, 0.25) is 0 Å². The normalized spacial score (nSPS) is 15.5. The highest BCUT2D eigenvalue weighted by molar-refractivity contribution is 7.99. The third kappa shape index (κ3) is 6.62. The average Bonchev–Trinajstić information content (AvgIpc) is 3.32. The number of hydrogen-bond acceptors (Lipinski definition) is 7. The van der Waals surface area contributed by atoms with E-state index in [0.29, 0.717) is 21.8 Å². The molecule has 1 fully saturated rings. The van der Waals surface area contributed by atoms with Crippen LogP contribution >= 0.6 is 23.1 Å². The molecule has 208 valence electrons. The Bertz CT molecular complexity index is 1460. The zero-order valence-corrected chi connectivity index (χ0v) is 24.0. The van der Waals surface area contributed by atoms with Crippen LogP contribution in [0.4, 0.5) is 16.4 Å². The Hall–Kier alpha value is -3.50. The van der Waals surface area contributed by atoms with E-state index in [9.17, 15) is 19.7 Å². The quantitative estimate of drug-likeness (QED) is 0.164. The lowest BCUT2D eigenvalue weighted by molar-refractivity contribution is -0.384. The molecule has 1 aromatic heterocycles. The van der Waals surface area contributed by atoms with E-state index in [4.69, 9.17) is 4.99 Å². The second kappa shape index (κ2) is 12.8. The Morgan fingerprint density at radius 2 is 1.82 bits per heavy atom. The summed E-state index contributed by atoms with van der Waals surface area (Å²) in [6.07, 6.45) is 11.1. The fraction of sp³-hybridized carbons (Fsp3) is 0.367. The van der Waals surface area contributed by atoms with Gasteiger partial charge in [0.2, 0.25) is 5.91 Å². The molecule has 0 saturated heterocycles. The highest BCUT2D eigenvalue weighted by Crippen LogP contribution is 2.41. The van der Waals surface area contributed by atoms with Gasteiger partial charge < -0.3 is 10.6 Å². The topological polar surface area (TPSA) is 114 Å². The molecule has 2 aromatic carbocycles. The summed E-state index contributed by atoms with van der Waals surface area (Å²) in [7, 11) is 0. The number of nitro benzene ring substituents is 1. The zero-order chi connectivity index (χ0) is 28.1. The molecule has 1 saturated carbocycles. The van der Waals surface area contributed by atoms with Crippen LogP contribution in [0, 0.1) is 10.1 Å². The van der Waals surface area contributed by atoms with Crippen molar-refractivity contribution in [2.45, 2.75) is 80.5 Å². The molecule has 40 heavy (non-hydrogen) atoms. The van der Waals surface area contributed by atoms with Gasteiger partial charge in [-0.25, -0.2) is 4.99 Å². The van der Waals surface area contributed by atoms with Crippen LogP contribution in [0.1, 0.15) is 78.2 Å². The van der Waals surface area contributed by atoms with Crippen LogP contribution in [0.5, 0.6) is 0 Å². The minimum Gasteiger partial charge on any atom is -0.349 e. The minimum absolute atomic E-state index is 0.0401. The summed E-state index contributed by atoms with van der Waals surface area (Å²) < 4.78 is 0. The molecule has 1 heterocycles. The molecular formula is C30H32N4O4S2. The molecule has 2 aliphatic rings. The lowest BCUT2D eigenvalue weighted by atomic mass is 9.93.